The highest BCUT2D eigenvalue weighted by atomic mass is 16.5. The van der Waals surface area contributed by atoms with Gasteiger partial charge >= 0.3 is 0 Å². The Morgan fingerprint density at radius 1 is 0.625 bits per heavy atom. The Hall–Kier alpha value is -3.73. The van der Waals surface area contributed by atoms with Crippen LogP contribution >= 0.6 is 0 Å². The number of unbranched alkanes of at least 4 members (excludes halogenated alkanes) is 6. The summed E-state index contributed by atoms with van der Waals surface area (Å²) in [5, 5.41) is 0.858. The van der Waals surface area contributed by atoms with Crippen LogP contribution in [0.15, 0.2) is 83.7 Å². The molecule has 0 unspecified atom stereocenters. The third-order valence-corrected chi connectivity index (χ3v) is 7.10. The SMILES string of the molecule is CCCCCCCCOc1c(OCc2ccccc2)c2ccc(OCc3ccccc3)cc2n(CCCC)c1=O. The van der Waals surface area contributed by atoms with Crippen molar-refractivity contribution in [3.63, 3.8) is 0 Å². The van der Waals surface area contributed by atoms with Crippen LogP contribution in [-0.4, -0.2) is 11.2 Å². The summed E-state index contributed by atoms with van der Waals surface area (Å²) in [4.78, 5) is 13.9. The highest BCUT2D eigenvalue weighted by Crippen LogP contribution is 2.36. The fourth-order valence-corrected chi connectivity index (χ4v) is 4.80. The molecule has 0 bridgehead atoms. The molecule has 3 aromatic carbocycles. The second kappa shape index (κ2) is 15.8. The van der Waals surface area contributed by atoms with Gasteiger partial charge in [0, 0.05) is 18.0 Å². The number of aromatic nitrogens is 1. The third-order valence-electron chi connectivity index (χ3n) is 7.10. The first-order valence-corrected chi connectivity index (χ1v) is 14.9. The topological polar surface area (TPSA) is 49.7 Å². The number of hydrogen-bond acceptors (Lipinski definition) is 4. The predicted molar refractivity (Wildman–Crippen MR) is 164 cm³/mol. The van der Waals surface area contributed by atoms with Gasteiger partial charge in [0.25, 0.3) is 5.56 Å². The maximum atomic E-state index is 13.9. The summed E-state index contributed by atoms with van der Waals surface area (Å²) < 4.78 is 20.6. The van der Waals surface area contributed by atoms with E-state index in [1.807, 2.05) is 83.4 Å². The lowest BCUT2D eigenvalue weighted by molar-refractivity contribution is 0.255. The van der Waals surface area contributed by atoms with Gasteiger partial charge in [-0.3, -0.25) is 4.79 Å². The Bertz CT molecular complexity index is 1370. The van der Waals surface area contributed by atoms with Crippen molar-refractivity contribution >= 4 is 10.9 Å². The fraction of sp³-hybridized carbons (Fsp3) is 0.400. The van der Waals surface area contributed by atoms with E-state index in [0.29, 0.717) is 37.9 Å². The minimum absolute atomic E-state index is 0.143. The van der Waals surface area contributed by atoms with E-state index in [2.05, 4.69) is 13.8 Å². The van der Waals surface area contributed by atoms with Crippen LogP contribution in [0.1, 0.15) is 76.3 Å². The van der Waals surface area contributed by atoms with Gasteiger partial charge in [0.15, 0.2) is 5.75 Å². The summed E-state index contributed by atoms with van der Waals surface area (Å²) in [7, 11) is 0. The smallest absolute Gasteiger partial charge is 0.297 e. The van der Waals surface area contributed by atoms with Crippen molar-refractivity contribution in [2.45, 2.75) is 85.0 Å². The molecule has 40 heavy (non-hydrogen) atoms. The Kier molecular flexibility index (Phi) is 11.5. The Labute approximate surface area is 238 Å². The largest absolute Gasteiger partial charge is 0.489 e. The predicted octanol–water partition coefficient (Wildman–Crippen LogP) is 8.70. The fourth-order valence-electron chi connectivity index (χ4n) is 4.80. The van der Waals surface area contributed by atoms with Crippen LogP contribution in [0.5, 0.6) is 17.2 Å². The van der Waals surface area contributed by atoms with Crippen LogP contribution in [0.25, 0.3) is 10.9 Å². The maximum Gasteiger partial charge on any atom is 0.297 e. The summed E-state index contributed by atoms with van der Waals surface area (Å²) in [6.45, 7) is 6.29. The molecule has 0 saturated carbocycles. The average molecular weight is 542 g/mol. The van der Waals surface area contributed by atoms with E-state index in [9.17, 15) is 4.79 Å². The van der Waals surface area contributed by atoms with E-state index in [1.54, 1.807) is 0 Å². The Morgan fingerprint density at radius 2 is 1.25 bits per heavy atom. The number of hydrogen-bond donors (Lipinski definition) is 0. The molecule has 0 aliphatic heterocycles. The zero-order valence-electron chi connectivity index (χ0n) is 24.1. The highest BCUT2D eigenvalue weighted by molar-refractivity contribution is 5.89. The van der Waals surface area contributed by atoms with Crippen LogP contribution < -0.4 is 19.8 Å². The van der Waals surface area contributed by atoms with Gasteiger partial charge in [0.05, 0.1) is 12.1 Å². The van der Waals surface area contributed by atoms with Crippen molar-refractivity contribution in [1.29, 1.82) is 0 Å². The molecule has 0 radical (unpaired) electrons. The summed E-state index contributed by atoms with van der Waals surface area (Å²) >= 11 is 0. The third kappa shape index (κ3) is 8.14. The molecular weight excluding hydrogens is 498 g/mol. The van der Waals surface area contributed by atoms with Gasteiger partial charge in [-0.25, -0.2) is 0 Å². The molecule has 0 aliphatic rings. The standard InChI is InChI=1S/C35H43NO4/c1-3-5-7-8-9-16-24-38-34-33(40-27-29-19-14-11-15-20-29)31-22-21-30(39-26-28-17-12-10-13-18-28)25-32(31)36(35(34)37)23-6-4-2/h10-15,17-22,25H,3-9,16,23-24,26-27H2,1-2H3. The van der Waals surface area contributed by atoms with Crippen molar-refractivity contribution in [2.24, 2.45) is 0 Å². The first kappa shape index (κ1) is 29.3. The zero-order chi connectivity index (χ0) is 28.0. The molecule has 4 rings (SSSR count). The number of aryl methyl sites for hydroxylation is 1. The number of rotatable bonds is 17. The number of benzene rings is 3. The van der Waals surface area contributed by atoms with Crippen LogP contribution in [0.2, 0.25) is 0 Å². The minimum atomic E-state index is -0.143. The summed E-state index contributed by atoms with van der Waals surface area (Å²) in [6, 6.07) is 26.0. The molecule has 0 amide bonds. The van der Waals surface area contributed by atoms with Crippen LogP contribution in [0, 0.1) is 0 Å². The van der Waals surface area contributed by atoms with Gasteiger partial charge in [0.2, 0.25) is 5.75 Å². The molecule has 4 aromatic rings. The van der Waals surface area contributed by atoms with Gasteiger partial charge in [-0.15, -0.1) is 0 Å². The van der Waals surface area contributed by atoms with Gasteiger partial charge in [-0.05, 0) is 36.1 Å². The quantitative estimate of drug-likeness (QED) is 0.125. The molecule has 0 spiro atoms. The van der Waals surface area contributed by atoms with Gasteiger partial charge < -0.3 is 18.8 Å². The van der Waals surface area contributed by atoms with Gasteiger partial charge in [-0.1, -0.05) is 113 Å². The average Bonchev–Trinajstić information content (AvgIpc) is 3.00. The second-order valence-electron chi connectivity index (χ2n) is 10.3. The molecule has 212 valence electrons. The number of nitrogens with zero attached hydrogens (tertiary/aromatic N) is 1. The van der Waals surface area contributed by atoms with Gasteiger partial charge in [0.1, 0.15) is 19.0 Å². The molecule has 0 N–H and O–H groups in total. The number of ether oxygens (including phenoxy) is 3. The lowest BCUT2D eigenvalue weighted by Gasteiger charge is -2.19. The molecule has 1 heterocycles. The first-order valence-electron chi connectivity index (χ1n) is 14.9. The lowest BCUT2D eigenvalue weighted by Crippen LogP contribution is -2.24. The Morgan fingerprint density at radius 3 is 1.93 bits per heavy atom. The molecule has 5 nitrogen and oxygen atoms in total. The molecular formula is C35H43NO4. The maximum absolute atomic E-state index is 13.9. The van der Waals surface area contributed by atoms with Crippen molar-refractivity contribution in [1.82, 2.24) is 4.57 Å². The number of fused-ring (bicyclic) bond motifs is 1. The lowest BCUT2D eigenvalue weighted by atomic mass is 10.1. The summed E-state index contributed by atoms with van der Waals surface area (Å²) in [6.07, 6.45) is 8.83. The summed E-state index contributed by atoms with van der Waals surface area (Å²) in [5.41, 5.74) is 2.79. The number of pyridine rings is 1. The van der Waals surface area contributed by atoms with Crippen LogP contribution in [-0.2, 0) is 19.8 Å². The molecule has 5 heteroatoms. The van der Waals surface area contributed by atoms with Gasteiger partial charge in [-0.2, -0.15) is 0 Å². The van der Waals surface area contributed by atoms with E-state index in [4.69, 9.17) is 14.2 Å². The normalized spacial score (nSPS) is 11.1. The van der Waals surface area contributed by atoms with E-state index >= 15 is 0 Å². The minimum Gasteiger partial charge on any atom is -0.489 e. The molecule has 0 atom stereocenters. The van der Waals surface area contributed by atoms with E-state index in [-0.39, 0.29) is 5.56 Å². The summed E-state index contributed by atoms with van der Waals surface area (Å²) in [5.74, 6) is 1.54. The van der Waals surface area contributed by atoms with Crippen LogP contribution in [0.3, 0.4) is 0 Å². The zero-order valence-corrected chi connectivity index (χ0v) is 24.1. The second-order valence-corrected chi connectivity index (χ2v) is 10.3. The monoisotopic (exact) mass is 541 g/mol. The highest BCUT2D eigenvalue weighted by Gasteiger charge is 2.20. The van der Waals surface area contributed by atoms with E-state index in [0.717, 1.165) is 53.5 Å². The van der Waals surface area contributed by atoms with E-state index < -0.39 is 0 Å². The molecule has 1 aromatic heterocycles. The molecule has 0 fully saturated rings. The molecule has 0 saturated heterocycles. The Balaban J connectivity index is 1.66. The van der Waals surface area contributed by atoms with E-state index in [1.165, 1.54) is 25.7 Å². The van der Waals surface area contributed by atoms with Crippen molar-refractivity contribution < 1.29 is 14.2 Å². The first-order chi connectivity index (χ1) is 19.7. The van der Waals surface area contributed by atoms with Crippen molar-refractivity contribution in [2.75, 3.05) is 6.61 Å². The van der Waals surface area contributed by atoms with Crippen molar-refractivity contribution in [3.8, 4) is 17.2 Å². The van der Waals surface area contributed by atoms with Crippen molar-refractivity contribution in [3.05, 3.63) is 100 Å². The van der Waals surface area contributed by atoms with Crippen LogP contribution in [0.4, 0.5) is 0 Å². The molecule has 0 aliphatic carbocycles.